The minimum Gasteiger partial charge on any atom is -0.444 e. The van der Waals surface area contributed by atoms with Crippen LogP contribution in [0.25, 0.3) is 0 Å². The van der Waals surface area contributed by atoms with Gasteiger partial charge in [0.05, 0.1) is 0 Å². The van der Waals surface area contributed by atoms with Gasteiger partial charge in [-0.2, -0.15) is 0 Å². The molecule has 2 saturated heterocycles. The maximum Gasteiger partial charge on any atom is 0.410 e. The van der Waals surface area contributed by atoms with Gasteiger partial charge in [0.25, 0.3) is 5.91 Å². The second kappa shape index (κ2) is 11.1. The van der Waals surface area contributed by atoms with E-state index in [1.807, 2.05) is 60.9 Å². The molecule has 0 atom stereocenters. The summed E-state index contributed by atoms with van der Waals surface area (Å²) in [6.07, 6.45) is 5.73. The normalized spacial score (nSPS) is 17.4. The molecule has 0 bridgehead atoms. The first-order valence-corrected chi connectivity index (χ1v) is 12.8. The Morgan fingerprint density at radius 2 is 1.60 bits per heavy atom. The van der Waals surface area contributed by atoms with Gasteiger partial charge in [0.1, 0.15) is 11.4 Å². The summed E-state index contributed by atoms with van der Waals surface area (Å²) in [5, 5.41) is 0. The van der Waals surface area contributed by atoms with E-state index in [9.17, 15) is 9.59 Å². The lowest BCUT2D eigenvalue weighted by Gasteiger charge is -2.35. The van der Waals surface area contributed by atoms with Crippen LogP contribution in [0.2, 0.25) is 0 Å². The summed E-state index contributed by atoms with van der Waals surface area (Å²) >= 11 is 0. The van der Waals surface area contributed by atoms with Gasteiger partial charge in [0.2, 0.25) is 0 Å². The Balaban J connectivity index is 1.20. The van der Waals surface area contributed by atoms with Crippen molar-refractivity contribution in [1.82, 2.24) is 14.8 Å². The van der Waals surface area contributed by atoms with Gasteiger partial charge < -0.3 is 19.4 Å². The van der Waals surface area contributed by atoms with Crippen LogP contribution >= 0.6 is 0 Å². The van der Waals surface area contributed by atoms with Crippen LogP contribution in [0.5, 0.6) is 0 Å². The van der Waals surface area contributed by atoms with Crippen LogP contribution in [-0.4, -0.2) is 71.7 Å². The third-order valence-electron chi connectivity index (χ3n) is 6.85. The zero-order valence-electron chi connectivity index (χ0n) is 21.3. The van der Waals surface area contributed by atoms with Gasteiger partial charge in [0.15, 0.2) is 0 Å². The highest BCUT2D eigenvalue weighted by Gasteiger charge is 2.27. The van der Waals surface area contributed by atoms with Crippen LogP contribution in [0.15, 0.2) is 48.7 Å². The number of nitrogens with zero attached hydrogens (tertiary/aromatic N) is 4. The second-order valence-electron chi connectivity index (χ2n) is 10.6. The van der Waals surface area contributed by atoms with Crippen LogP contribution in [0.1, 0.15) is 56.0 Å². The highest BCUT2D eigenvalue weighted by molar-refractivity contribution is 5.94. The summed E-state index contributed by atoms with van der Waals surface area (Å²) in [7, 11) is 0. The zero-order valence-corrected chi connectivity index (χ0v) is 21.3. The van der Waals surface area contributed by atoms with Crippen molar-refractivity contribution in [2.45, 2.75) is 52.1 Å². The average Bonchev–Trinajstić information content (AvgIpc) is 2.87. The van der Waals surface area contributed by atoms with Crippen LogP contribution in [0, 0.1) is 5.92 Å². The minimum atomic E-state index is -0.449. The molecule has 1 aromatic carbocycles. The number of rotatable bonds is 5. The molecular formula is C28H38N4O3. The summed E-state index contributed by atoms with van der Waals surface area (Å²) in [6, 6.07) is 14.0. The second-order valence-corrected chi connectivity index (χ2v) is 10.6. The van der Waals surface area contributed by atoms with E-state index in [1.165, 1.54) is 5.56 Å². The van der Waals surface area contributed by atoms with E-state index in [-0.39, 0.29) is 12.0 Å². The number of carbonyl (C=O) groups excluding carboxylic acids is 2. The summed E-state index contributed by atoms with van der Waals surface area (Å²) < 4.78 is 5.49. The Bertz CT molecular complexity index is 972. The fraction of sp³-hybridized carbons (Fsp3) is 0.536. The van der Waals surface area contributed by atoms with Crippen molar-refractivity contribution < 1.29 is 14.3 Å². The average molecular weight is 479 g/mol. The molecule has 0 unspecified atom stereocenters. The molecule has 0 radical (unpaired) electrons. The molecule has 2 aromatic rings. The van der Waals surface area contributed by atoms with E-state index >= 15 is 0 Å². The monoisotopic (exact) mass is 478 g/mol. The lowest BCUT2D eigenvalue weighted by atomic mass is 9.90. The van der Waals surface area contributed by atoms with E-state index in [4.69, 9.17) is 4.74 Å². The largest absolute Gasteiger partial charge is 0.444 e. The molecule has 2 fully saturated rings. The van der Waals surface area contributed by atoms with Crippen molar-refractivity contribution >= 4 is 17.8 Å². The molecule has 0 N–H and O–H groups in total. The van der Waals surface area contributed by atoms with Crippen LogP contribution in [-0.2, 0) is 11.2 Å². The number of ether oxygens (including phenoxy) is 1. The Kier molecular flexibility index (Phi) is 7.93. The summed E-state index contributed by atoms with van der Waals surface area (Å²) in [5.74, 6) is 1.69. The topological polar surface area (TPSA) is 66.0 Å². The molecule has 0 spiro atoms. The molecule has 2 amide bonds. The number of piperidine rings is 1. The van der Waals surface area contributed by atoms with Crippen molar-refractivity contribution in [1.29, 1.82) is 0 Å². The molecule has 188 valence electrons. The number of pyridine rings is 1. The lowest BCUT2D eigenvalue weighted by molar-refractivity contribution is 0.0181. The van der Waals surface area contributed by atoms with Crippen molar-refractivity contribution in [3.8, 4) is 0 Å². The predicted molar refractivity (Wildman–Crippen MR) is 138 cm³/mol. The van der Waals surface area contributed by atoms with Crippen LogP contribution < -0.4 is 4.90 Å². The molecule has 7 heteroatoms. The number of aromatic nitrogens is 1. The molecule has 35 heavy (non-hydrogen) atoms. The molecule has 3 heterocycles. The first-order chi connectivity index (χ1) is 16.8. The van der Waals surface area contributed by atoms with E-state index < -0.39 is 5.60 Å². The van der Waals surface area contributed by atoms with Crippen molar-refractivity contribution in [2.75, 3.05) is 44.2 Å². The number of piperazine rings is 1. The van der Waals surface area contributed by atoms with Gasteiger partial charge in [0, 0.05) is 51.0 Å². The Labute approximate surface area is 209 Å². The van der Waals surface area contributed by atoms with Gasteiger partial charge in [-0.05, 0) is 82.2 Å². The van der Waals surface area contributed by atoms with E-state index in [0.717, 1.165) is 63.2 Å². The van der Waals surface area contributed by atoms with Gasteiger partial charge in [-0.1, -0.05) is 18.2 Å². The van der Waals surface area contributed by atoms with Crippen LogP contribution in [0.4, 0.5) is 10.6 Å². The third kappa shape index (κ3) is 6.96. The fourth-order valence-corrected chi connectivity index (χ4v) is 4.78. The maximum atomic E-state index is 13.0. The Hall–Kier alpha value is -3.09. The van der Waals surface area contributed by atoms with Crippen molar-refractivity contribution in [3.05, 3.63) is 59.8 Å². The van der Waals surface area contributed by atoms with E-state index in [2.05, 4.69) is 22.0 Å². The first-order valence-electron chi connectivity index (χ1n) is 12.8. The van der Waals surface area contributed by atoms with Gasteiger partial charge >= 0.3 is 6.09 Å². The first kappa shape index (κ1) is 25.0. The fourth-order valence-electron chi connectivity index (χ4n) is 4.78. The highest BCUT2D eigenvalue weighted by atomic mass is 16.6. The molecule has 4 rings (SSSR count). The smallest absolute Gasteiger partial charge is 0.410 e. The number of anilines is 1. The number of amides is 2. The SMILES string of the molecule is CC(C)(C)OC(=O)N1CCC(CCc2ccc(C(=O)N3CCN(c4ccccn4)CC3)cc2)CC1. The van der Waals surface area contributed by atoms with Gasteiger partial charge in [-0.25, -0.2) is 9.78 Å². The molecule has 2 aliphatic heterocycles. The number of hydrogen-bond acceptors (Lipinski definition) is 5. The summed E-state index contributed by atoms with van der Waals surface area (Å²) in [4.78, 5) is 35.6. The number of hydrogen-bond donors (Lipinski definition) is 0. The number of aryl methyl sites for hydroxylation is 1. The number of carbonyl (C=O) groups is 2. The standard InChI is InChI=1S/C28H38N4O3/c1-28(2,3)35-27(34)32-16-13-23(14-17-32)8-7-22-9-11-24(12-10-22)26(33)31-20-18-30(19-21-31)25-6-4-5-15-29-25/h4-6,9-12,15,23H,7-8,13-14,16-21H2,1-3H3. The summed E-state index contributed by atoms with van der Waals surface area (Å²) in [6.45, 7) is 10.3. The van der Waals surface area contributed by atoms with Crippen molar-refractivity contribution in [2.24, 2.45) is 5.92 Å². The van der Waals surface area contributed by atoms with Crippen LogP contribution in [0.3, 0.4) is 0 Å². The van der Waals surface area contributed by atoms with E-state index in [1.54, 1.807) is 6.20 Å². The predicted octanol–water partition coefficient (Wildman–Crippen LogP) is 4.62. The molecule has 7 nitrogen and oxygen atoms in total. The molecule has 1 aromatic heterocycles. The van der Waals surface area contributed by atoms with Gasteiger partial charge in [-0.15, -0.1) is 0 Å². The Morgan fingerprint density at radius 3 is 2.20 bits per heavy atom. The van der Waals surface area contributed by atoms with Crippen molar-refractivity contribution in [3.63, 3.8) is 0 Å². The maximum absolute atomic E-state index is 13.0. The minimum absolute atomic E-state index is 0.103. The number of benzene rings is 1. The Morgan fingerprint density at radius 1 is 0.914 bits per heavy atom. The zero-order chi connectivity index (χ0) is 24.8. The van der Waals surface area contributed by atoms with Gasteiger partial charge in [-0.3, -0.25) is 4.79 Å². The molecule has 2 aliphatic rings. The highest BCUT2D eigenvalue weighted by Crippen LogP contribution is 2.24. The number of likely N-dealkylation sites (tertiary alicyclic amines) is 1. The third-order valence-corrected chi connectivity index (χ3v) is 6.85. The van der Waals surface area contributed by atoms with E-state index in [0.29, 0.717) is 19.0 Å². The molecule has 0 aliphatic carbocycles. The quantitative estimate of drug-likeness (QED) is 0.627. The molecule has 0 saturated carbocycles. The summed E-state index contributed by atoms with van der Waals surface area (Å²) in [5.41, 5.74) is 1.57. The molecular weight excluding hydrogens is 440 g/mol. The lowest BCUT2D eigenvalue weighted by Crippen LogP contribution is -2.49.